The summed E-state index contributed by atoms with van der Waals surface area (Å²) in [5.74, 6) is -0.404. The van der Waals surface area contributed by atoms with Crippen molar-refractivity contribution in [2.24, 2.45) is 0 Å². The molecule has 1 amide bonds. The molecule has 2 N–H and O–H groups in total. The number of aliphatic hydroxyl groups is 1. The van der Waals surface area contributed by atoms with Crippen LogP contribution in [0.2, 0.25) is 0 Å². The molecule has 0 radical (unpaired) electrons. The van der Waals surface area contributed by atoms with Gasteiger partial charge < -0.3 is 10.4 Å². The number of fused-ring (bicyclic) bond motifs is 1. The highest BCUT2D eigenvalue weighted by Crippen LogP contribution is 2.34. The molecule has 1 aliphatic rings. The molecule has 34 heavy (non-hydrogen) atoms. The standard InChI is InChI=1S/C24H23FN4O3S2/c1-3-17(13-30)26-20-18(22(31)28-10-4-5-14(2)21(28)27-20)11-19-23(32)29(24(33)34-19)12-15-6-8-16(25)9-7-15/h4-11,17,26,30H,3,12-13H2,1-2H3/b19-11-/t17-/m1/s1. The molecule has 7 nitrogen and oxygen atoms in total. The number of thiocarbonyl (C=S) groups is 1. The Morgan fingerprint density at radius 3 is 2.68 bits per heavy atom. The molecule has 1 aliphatic heterocycles. The highest BCUT2D eigenvalue weighted by Gasteiger charge is 2.33. The minimum absolute atomic E-state index is 0.134. The second kappa shape index (κ2) is 10.0. The lowest BCUT2D eigenvalue weighted by Gasteiger charge is -2.17. The van der Waals surface area contributed by atoms with Crippen LogP contribution in [0.1, 0.15) is 30.0 Å². The first kappa shape index (κ1) is 24.1. The fraction of sp³-hybridized carbons (Fsp3) is 0.250. The van der Waals surface area contributed by atoms with Crippen molar-refractivity contribution in [1.29, 1.82) is 0 Å². The summed E-state index contributed by atoms with van der Waals surface area (Å²) in [6.45, 7) is 3.83. The van der Waals surface area contributed by atoms with Crippen molar-refractivity contribution in [3.63, 3.8) is 0 Å². The molecule has 3 heterocycles. The Morgan fingerprint density at radius 2 is 2.00 bits per heavy atom. The van der Waals surface area contributed by atoms with Crippen molar-refractivity contribution in [2.45, 2.75) is 32.9 Å². The fourth-order valence-electron chi connectivity index (χ4n) is 3.56. The number of rotatable bonds is 7. The second-order valence-corrected chi connectivity index (χ2v) is 9.57. The summed E-state index contributed by atoms with van der Waals surface area (Å²) in [5.41, 5.74) is 1.91. The predicted octanol–water partition coefficient (Wildman–Crippen LogP) is 3.73. The number of benzene rings is 1. The van der Waals surface area contributed by atoms with Crippen LogP contribution in [0.3, 0.4) is 0 Å². The predicted molar refractivity (Wildman–Crippen MR) is 136 cm³/mol. The van der Waals surface area contributed by atoms with Crippen LogP contribution in [0.4, 0.5) is 10.2 Å². The van der Waals surface area contributed by atoms with E-state index in [-0.39, 0.29) is 42.0 Å². The molecule has 1 aromatic carbocycles. The van der Waals surface area contributed by atoms with Crippen molar-refractivity contribution in [2.75, 3.05) is 11.9 Å². The molecule has 0 bridgehead atoms. The number of hydrogen-bond donors (Lipinski definition) is 2. The Kier molecular flexibility index (Phi) is 7.11. The van der Waals surface area contributed by atoms with Gasteiger partial charge in [-0.25, -0.2) is 9.37 Å². The topological polar surface area (TPSA) is 86.9 Å². The lowest BCUT2D eigenvalue weighted by atomic mass is 10.2. The normalized spacial score (nSPS) is 16.0. The first-order chi connectivity index (χ1) is 16.3. The van der Waals surface area contributed by atoms with Gasteiger partial charge in [-0.1, -0.05) is 49.1 Å². The number of anilines is 1. The maximum Gasteiger partial charge on any atom is 0.267 e. The van der Waals surface area contributed by atoms with Gasteiger partial charge in [-0.3, -0.25) is 18.9 Å². The fourth-order valence-corrected chi connectivity index (χ4v) is 4.80. The van der Waals surface area contributed by atoms with Crippen molar-refractivity contribution in [3.05, 3.63) is 80.4 Å². The number of nitrogens with zero attached hydrogens (tertiary/aromatic N) is 3. The van der Waals surface area contributed by atoms with E-state index in [2.05, 4.69) is 10.3 Å². The third-order valence-electron chi connectivity index (χ3n) is 5.54. The van der Waals surface area contributed by atoms with Crippen LogP contribution < -0.4 is 10.9 Å². The number of carbonyl (C=O) groups excluding carboxylic acids is 1. The Balaban J connectivity index is 1.76. The third-order valence-corrected chi connectivity index (χ3v) is 6.92. The number of nitrogens with one attached hydrogen (secondary N) is 1. The van der Waals surface area contributed by atoms with Gasteiger partial charge in [0, 0.05) is 6.20 Å². The van der Waals surface area contributed by atoms with Crippen LogP contribution in [0, 0.1) is 12.7 Å². The minimum atomic E-state index is -0.359. The Bertz CT molecular complexity index is 1350. The van der Waals surface area contributed by atoms with Gasteiger partial charge in [0.2, 0.25) is 0 Å². The Hall–Kier alpha value is -3.08. The molecule has 4 rings (SSSR count). The van der Waals surface area contributed by atoms with E-state index in [1.165, 1.54) is 27.5 Å². The number of pyridine rings is 1. The third kappa shape index (κ3) is 4.75. The van der Waals surface area contributed by atoms with E-state index in [4.69, 9.17) is 12.2 Å². The number of thioether (sulfide) groups is 1. The highest BCUT2D eigenvalue weighted by molar-refractivity contribution is 8.26. The molecule has 1 saturated heterocycles. The highest BCUT2D eigenvalue weighted by atomic mass is 32.2. The first-order valence-electron chi connectivity index (χ1n) is 10.7. The van der Waals surface area contributed by atoms with Gasteiger partial charge in [-0.15, -0.1) is 0 Å². The smallest absolute Gasteiger partial charge is 0.267 e. The van der Waals surface area contributed by atoms with E-state index in [0.29, 0.717) is 27.1 Å². The number of amides is 1. The lowest BCUT2D eigenvalue weighted by Crippen LogP contribution is -2.28. The van der Waals surface area contributed by atoms with Gasteiger partial charge in [-0.05, 0) is 48.7 Å². The zero-order chi connectivity index (χ0) is 24.4. The monoisotopic (exact) mass is 498 g/mol. The number of carbonyl (C=O) groups is 1. The summed E-state index contributed by atoms with van der Waals surface area (Å²) in [6.07, 6.45) is 3.74. The molecule has 0 spiro atoms. The summed E-state index contributed by atoms with van der Waals surface area (Å²) < 4.78 is 15.0. The second-order valence-electron chi connectivity index (χ2n) is 7.89. The first-order valence-corrected chi connectivity index (χ1v) is 11.9. The SMILES string of the molecule is CC[C@H](CO)Nc1nc2c(C)cccn2c(=O)c1/C=C1\SC(=S)N(Cc2ccc(F)cc2)C1=O. The minimum Gasteiger partial charge on any atom is -0.394 e. The van der Waals surface area contributed by atoms with Crippen LogP contribution in [0.15, 0.2) is 52.3 Å². The molecular weight excluding hydrogens is 475 g/mol. The number of aliphatic hydroxyl groups excluding tert-OH is 1. The average Bonchev–Trinajstić information content (AvgIpc) is 3.09. The number of aromatic nitrogens is 2. The summed E-state index contributed by atoms with van der Waals surface area (Å²) in [6, 6.07) is 9.16. The summed E-state index contributed by atoms with van der Waals surface area (Å²) >= 11 is 6.51. The molecule has 0 aliphatic carbocycles. The van der Waals surface area contributed by atoms with Crippen LogP contribution >= 0.6 is 24.0 Å². The van der Waals surface area contributed by atoms with Gasteiger partial charge in [0.15, 0.2) is 0 Å². The maximum absolute atomic E-state index is 13.4. The largest absolute Gasteiger partial charge is 0.394 e. The van der Waals surface area contributed by atoms with E-state index >= 15 is 0 Å². The Morgan fingerprint density at radius 1 is 1.26 bits per heavy atom. The number of halogens is 1. The van der Waals surface area contributed by atoms with Crippen LogP contribution in [-0.2, 0) is 11.3 Å². The van der Waals surface area contributed by atoms with E-state index in [0.717, 1.165) is 22.9 Å². The number of hydrogen-bond acceptors (Lipinski definition) is 7. The van der Waals surface area contributed by atoms with Gasteiger partial charge in [0.1, 0.15) is 21.6 Å². The molecule has 1 atom stereocenters. The summed E-state index contributed by atoms with van der Waals surface area (Å²) in [7, 11) is 0. The molecule has 0 unspecified atom stereocenters. The van der Waals surface area contributed by atoms with E-state index in [1.54, 1.807) is 24.4 Å². The van der Waals surface area contributed by atoms with Gasteiger partial charge >= 0.3 is 0 Å². The van der Waals surface area contributed by atoms with Crippen molar-refractivity contribution in [1.82, 2.24) is 14.3 Å². The van der Waals surface area contributed by atoms with E-state index < -0.39 is 0 Å². The van der Waals surface area contributed by atoms with E-state index in [9.17, 15) is 19.1 Å². The molecule has 176 valence electrons. The molecular formula is C24H23FN4O3S2. The lowest BCUT2D eigenvalue weighted by molar-refractivity contribution is -0.122. The van der Waals surface area contributed by atoms with Gasteiger partial charge in [-0.2, -0.15) is 0 Å². The Labute approximate surface area is 205 Å². The average molecular weight is 499 g/mol. The molecule has 3 aromatic rings. The molecule has 1 fully saturated rings. The van der Waals surface area contributed by atoms with E-state index in [1.807, 2.05) is 19.9 Å². The summed E-state index contributed by atoms with van der Waals surface area (Å²) in [4.78, 5) is 32.9. The number of aryl methyl sites for hydroxylation is 1. The quantitative estimate of drug-likeness (QED) is 0.379. The van der Waals surface area contributed by atoms with Crippen molar-refractivity contribution >= 4 is 51.7 Å². The van der Waals surface area contributed by atoms with Crippen LogP contribution in [0.25, 0.3) is 11.7 Å². The zero-order valence-electron chi connectivity index (χ0n) is 18.6. The van der Waals surface area contributed by atoms with Crippen molar-refractivity contribution in [3.8, 4) is 0 Å². The molecule has 2 aromatic heterocycles. The molecule has 0 saturated carbocycles. The van der Waals surface area contributed by atoms with Crippen LogP contribution in [-0.4, -0.2) is 42.3 Å². The maximum atomic E-state index is 13.4. The van der Waals surface area contributed by atoms with Gasteiger partial charge in [0.05, 0.1) is 29.7 Å². The van der Waals surface area contributed by atoms with Gasteiger partial charge in [0.25, 0.3) is 11.5 Å². The summed E-state index contributed by atoms with van der Waals surface area (Å²) in [5, 5.41) is 12.8. The molecule has 10 heteroatoms. The zero-order valence-corrected chi connectivity index (χ0v) is 20.3. The van der Waals surface area contributed by atoms with Crippen molar-refractivity contribution < 1.29 is 14.3 Å². The van der Waals surface area contributed by atoms with Crippen LogP contribution in [0.5, 0.6) is 0 Å².